The molecule has 3 N–H and O–H groups in total. The van der Waals surface area contributed by atoms with Crippen LogP contribution in [0, 0.1) is 0 Å². The number of nitrogen functional groups attached to an aromatic ring is 1. The lowest BCUT2D eigenvalue weighted by atomic mass is 10.2. The van der Waals surface area contributed by atoms with Crippen molar-refractivity contribution >= 4 is 5.82 Å². The summed E-state index contributed by atoms with van der Waals surface area (Å²) in [4.78, 5) is 3.61. The van der Waals surface area contributed by atoms with Crippen LogP contribution in [0.1, 0.15) is 17.7 Å². The van der Waals surface area contributed by atoms with Crippen LogP contribution in [0.3, 0.4) is 0 Å². The third-order valence-corrected chi connectivity index (χ3v) is 1.73. The molecule has 6 heteroatoms. The number of nitrogens with two attached hydrogens (primary N) is 1. The molecule has 0 atom stereocenters. The molecule has 1 aromatic rings. The molecule has 0 unspecified atom stereocenters. The van der Waals surface area contributed by atoms with E-state index in [0.29, 0.717) is 0 Å². The van der Waals surface area contributed by atoms with Crippen LogP contribution in [-0.2, 0) is 6.61 Å². The summed E-state index contributed by atoms with van der Waals surface area (Å²) in [6, 6.07) is 1.08. The van der Waals surface area contributed by atoms with E-state index in [1.165, 1.54) is 7.11 Å². The number of ether oxygens (including phenoxy) is 1. The number of nitrogens with zero attached hydrogens (tertiary/aromatic N) is 1. The van der Waals surface area contributed by atoms with Crippen LogP contribution in [0.15, 0.2) is 6.07 Å². The van der Waals surface area contributed by atoms with Gasteiger partial charge in [0.25, 0.3) is 6.43 Å². The van der Waals surface area contributed by atoms with Crippen molar-refractivity contribution in [3.63, 3.8) is 0 Å². The summed E-state index contributed by atoms with van der Waals surface area (Å²) in [7, 11) is 1.31. The number of rotatable bonds is 3. The zero-order chi connectivity index (χ0) is 10.7. The summed E-state index contributed by atoms with van der Waals surface area (Å²) < 4.78 is 29.6. The van der Waals surface area contributed by atoms with Crippen LogP contribution in [-0.4, -0.2) is 17.2 Å². The first-order valence-corrected chi connectivity index (χ1v) is 3.82. The van der Waals surface area contributed by atoms with Crippen LogP contribution in [0.2, 0.25) is 0 Å². The number of aliphatic hydroxyl groups is 1. The Bertz CT molecular complexity index is 331. The van der Waals surface area contributed by atoms with Gasteiger partial charge in [-0.15, -0.1) is 0 Å². The molecule has 1 heterocycles. The van der Waals surface area contributed by atoms with Gasteiger partial charge in [-0.05, 0) is 6.07 Å². The Kier molecular flexibility index (Phi) is 3.19. The van der Waals surface area contributed by atoms with Gasteiger partial charge in [-0.3, -0.25) is 0 Å². The Hall–Kier alpha value is -1.43. The van der Waals surface area contributed by atoms with Gasteiger partial charge in [-0.25, -0.2) is 13.8 Å². The van der Waals surface area contributed by atoms with Crippen molar-refractivity contribution in [3.8, 4) is 5.75 Å². The maximum atomic E-state index is 12.4. The topological polar surface area (TPSA) is 68.4 Å². The summed E-state index contributed by atoms with van der Waals surface area (Å²) in [6.45, 7) is -0.576. The number of hydrogen-bond donors (Lipinski definition) is 2. The molecule has 0 saturated carbocycles. The highest BCUT2D eigenvalue weighted by molar-refractivity contribution is 5.49. The quantitative estimate of drug-likeness (QED) is 0.773. The minimum Gasteiger partial charge on any atom is -0.493 e. The first kappa shape index (κ1) is 10.6. The van der Waals surface area contributed by atoms with Gasteiger partial charge in [0, 0.05) is 5.56 Å². The first-order valence-electron chi connectivity index (χ1n) is 3.82. The average molecular weight is 204 g/mol. The van der Waals surface area contributed by atoms with E-state index < -0.39 is 13.0 Å². The monoisotopic (exact) mass is 204 g/mol. The third kappa shape index (κ3) is 1.90. The molecule has 0 aliphatic heterocycles. The van der Waals surface area contributed by atoms with Gasteiger partial charge in [-0.1, -0.05) is 0 Å². The van der Waals surface area contributed by atoms with Gasteiger partial charge in [0.2, 0.25) is 0 Å². The van der Waals surface area contributed by atoms with Gasteiger partial charge in [0.1, 0.15) is 0 Å². The van der Waals surface area contributed by atoms with E-state index in [0.717, 1.165) is 6.07 Å². The number of alkyl halides is 2. The fourth-order valence-electron chi connectivity index (χ4n) is 1.04. The van der Waals surface area contributed by atoms with E-state index in [1.54, 1.807) is 0 Å². The fraction of sp³-hybridized carbons (Fsp3) is 0.375. The van der Waals surface area contributed by atoms with Gasteiger partial charge in [-0.2, -0.15) is 0 Å². The lowest BCUT2D eigenvalue weighted by Crippen LogP contribution is -2.04. The Balaban J connectivity index is 3.25. The molecule has 0 spiro atoms. The second-order valence-corrected chi connectivity index (χ2v) is 2.57. The van der Waals surface area contributed by atoms with E-state index in [1.807, 2.05) is 0 Å². The van der Waals surface area contributed by atoms with Crippen molar-refractivity contribution in [1.29, 1.82) is 0 Å². The van der Waals surface area contributed by atoms with Crippen molar-refractivity contribution < 1.29 is 18.6 Å². The molecule has 0 saturated heterocycles. The van der Waals surface area contributed by atoms with Crippen molar-refractivity contribution in [2.75, 3.05) is 12.8 Å². The van der Waals surface area contributed by atoms with Crippen LogP contribution in [0.5, 0.6) is 5.75 Å². The second kappa shape index (κ2) is 4.19. The number of hydrogen-bond acceptors (Lipinski definition) is 4. The molecule has 14 heavy (non-hydrogen) atoms. The maximum absolute atomic E-state index is 12.4. The number of aliphatic hydroxyl groups excluding tert-OH is 1. The van der Waals surface area contributed by atoms with Crippen molar-refractivity contribution in [2.24, 2.45) is 0 Å². The highest BCUT2D eigenvalue weighted by Crippen LogP contribution is 2.29. The molecule has 0 bridgehead atoms. The molecular formula is C8H10F2N2O2. The van der Waals surface area contributed by atoms with E-state index >= 15 is 0 Å². The Morgan fingerprint density at radius 3 is 2.71 bits per heavy atom. The molecule has 0 fully saturated rings. The predicted molar refractivity (Wildman–Crippen MR) is 46.1 cm³/mol. The largest absolute Gasteiger partial charge is 0.493 e. The Labute approximate surface area is 79.3 Å². The first-order chi connectivity index (χ1) is 6.60. The standard InChI is InChI=1S/C8H10F2N2O2/c1-14-6-2-4(7(9)10)5(3-13)12-8(6)11/h2,7,13H,3H2,1H3,(H2,11,12). The molecule has 1 rings (SSSR count). The molecule has 0 aliphatic carbocycles. The lowest BCUT2D eigenvalue weighted by molar-refractivity contribution is 0.145. The van der Waals surface area contributed by atoms with Gasteiger partial charge < -0.3 is 15.6 Å². The van der Waals surface area contributed by atoms with Crippen LogP contribution >= 0.6 is 0 Å². The van der Waals surface area contributed by atoms with Gasteiger partial charge >= 0.3 is 0 Å². The predicted octanol–water partition coefficient (Wildman–Crippen LogP) is 1.10. The molecule has 0 radical (unpaired) electrons. The summed E-state index contributed by atoms with van der Waals surface area (Å²) in [5, 5.41) is 8.76. The molecule has 0 aliphatic rings. The van der Waals surface area contributed by atoms with Crippen LogP contribution in [0.4, 0.5) is 14.6 Å². The van der Waals surface area contributed by atoms with E-state index in [2.05, 4.69) is 4.98 Å². The maximum Gasteiger partial charge on any atom is 0.265 e. The molecule has 4 nitrogen and oxygen atoms in total. The number of methoxy groups -OCH3 is 1. The average Bonchev–Trinajstić information content (AvgIpc) is 2.16. The van der Waals surface area contributed by atoms with Crippen molar-refractivity contribution in [2.45, 2.75) is 13.0 Å². The molecular weight excluding hydrogens is 194 g/mol. The Morgan fingerprint density at radius 1 is 1.64 bits per heavy atom. The number of pyridine rings is 1. The highest BCUT2D eigenvalue weighted by atomic mass is 19.3. The Morgan fingerprint density at radius 2 is 2.29 bits per heavy atom. The zero-order valence-corrected chi connectivity index (χ0v) is 7.50. The number of halogens is 2. The number of anilines is 1. The molecule has 0 aromatic carbocycles. The van der Waals surface area contributed by atoms with E-state index in [4.69, 9.17) is 15.6 Å². The molecule has 1 aromatic heterocycles. The third-order valence-electron chi connectivity index (χ3n) is 1.73. The SMILES string of the molecule is COc1cc(C(F)F)c(CO)nc1N. The van der Waals surface area contributed by atoms with Crippen LogP contribution in [0.25, 0.3) is 0 Å². The van der Waals surface area contributed by atoms with Crippen molar-refractivity contribution in [1.82, 2.24) is 4.98 Å². The van der Waals surface area contributed by atoms with Crippen LogP contribution < -0.4 is 10.5 Å². The lowest BCUT2D eigenvalue weighted by Gasteiger charge is -2.10. The highest BCUT2D eigenvalue weighted by Gasteiger charge is 2.17. The summed E-state index contributed by atoms with van der Waals surface area (Å²) >= 11 is 0. The normalized spacial score (nSPS) is 10.6. The smallest absolute Gasteiger partial charge is 0.265 e. The minimum atomic E-state index is -2.71. The van der Waals surface area contributed by atoms with Crippen molar-refractivity contribution in [3.05, 3.63) is 17.3 Å². The minimum absolute atomic E-state index is 0.0130. The summed E-state index contributed by atoms with van der Waals surface area (Å²) in [5.74, 6) is 0.0680. The van der Waals surface area contributed by atoms with Gasteiger partial charge in [0.15, 0.2) is 11.6 Å². The molecule has 0 amide bonds. The second-order valence-electron chi connectivity index (χ2n) is 2.57. The van der Waals surface area contributed by atoms with Gasteiger partial charge in [0.05, 0.1) is 19.4 Å². The fourth-order valence-corrected chi connectivity index (χ4v) is 1.04. The summed E-state index contributed by atoms with van der Waals surface area (Å²) in [5.41, 5.74) is 4.90. The van der Waals surface area contributed by atoms with E-state index in [-0.39, 0.29) is 22.8 Å². The molecule has 78 valence electrons. The van der Waals surface area contributed by atoms with E-state index in [9.17, 15) is 8.78 Å². The number of aromatic nitrogens is 1. The summed E-state index contributed by atoms with van der Waals surface area (Å²) in [6.07, 6.45) is -2.71. The zero-order valence-electron chi connectivity index (χ0n) is 7.50.